The van der Waals surface area contributed by atoms with Gasteiger partial charge in [-0.05, 0) is 63.6 Å². The molecule has 1 saturated heterocycles. The average Bonchev–Trinajstić information content (AvgIpc) is 3.52. The Hall–Kier alpha value is -2.54. The minimum Gasteiger partial charge on any atom is -0.488 e. The third-order valence-corrected chi connectivity index (χ3v) is 6.00. The van der Waals surface area contributed by atoms with Crippen molar-refractivity contribution in [2.24, 2.45) is 0 Å². The number of carbonyl (C=O) groups excluding carboxylic acids is 1. The van der Waals surface area contributed by atoms with Gasteiger partial charge in [0, 0.05) is 19.2 Å². The molecule has 1 saturated carbocycles. The van der Waals surface area contributed by atoms with Crippen LogP contribution in [0, 0.1) is 12.7 Å². The number of rotatable bonds is 6. The maximum atomic E-state index is 14.9. The van der Waals surface area contributed by atoms with Gasteiger partial charge in [0.1, 0.15) is 23.3 Å². The molecule has 1 aliphatic heterocycles. The molecule has 0 spiro atoms. The van der Waals surface area contributed by atoms with Crippen molar-refractivity contribution >= 4 is 5.97 Å². The van der Waals surface area contributed by atoms with Crippen molar-refractivity contribution in [2.45, 2.75) is 77.0 Å². The summed E-state index contributed by atoms with van der Waals surface area (Å²) in [7, 11) is 0. The Morgan fingerprint density at radius 3 is 2.44 bits per heavy atom. The van der Waals surface area contributed by atoms with E-state index in [0.717, 1.165) is 30.0 Å². The summed E-state index contributed by atoms with van der Waals surface area (Å²) in [5.74, 6) is -4.06. The average molecular weight is 476 g/mol. The van der Waals surface area contributed by atoms with Gasteiger partial charge in [-0.1, -0.05) is 29.8 Å². The van der Waals surface area contributed by atoms with Gasteiger partial charge in [0.25, 0.3) is 5.92 Å². The number of hydrogen-bond donors (Lipinski definition) is 0. The Labute approximate surface area is 199 Å². The molecule has 2 aromatic carbocycles. The van der Waals surface area contributed by atoms with Crippen molar-refractivity contribution in [1.29, 1.82) is 0 Å². The van der Waals surface area contributed by atoms with Crippen LogP contribution in [0.25, 0.3) is 0 Å². The van der Waals surface area contributed by atoms with E-state index in [0.29, 0.717) is 18.7 Å². The minimum absolute atomic E-state index is 0.129. The summed E-state index contributed by atoms with van der Waals surface area (Å²) in [5, 5.41) is 0. The minimum atomic E-state index is -2.91. The van der Waals surface area contributed by atoms with Crippen molar-refractivity contribution in [3.63, 3.8) is 0 Å². The predicted octanol–water partition coefficient (Wildman–Crippen LogP) is 6.26. The van der Waals surface area contributed by atoms with E-state index < -0.39 is 35.8 Å². The molecule has 1 heterocycles. The van der Waals surface area contributed by atoms with Crippen molar-refractivity contribution in [1.82, 2.24) is 4.90 Å². The van der Waals surface area contributed by atoms with Crippen LogP contribution in [0.5, 0.6) is 5.75 Å². The summed E-state index contributed by atoms with van der Waals surface area (Å²) in [6.45, 7) is 7.48. The van der Waals surface area contributed by atoms with Gasteiger partial charge in [-0.2, -0.15) is 0 Å². The molecule has 0 N–H and O–H groups in total. The number of benzene rings is 2. The lowest BCUT2D eigenvalue weighted by Crippen LogP contribution is -2.50. The first-order valence-corrected chi connectivity index (χ1v) is 11.8. The van der Waals surface area contributed by atoms with E-state index in [-0.39, 0.29) is 23.8 Å². The first kappa shape index (κ1) is 24.6. The molecule has 0 unspecified atom stereocenters. The van der Waals surface area contributed by atoms with E-state index in [2.05, 4.69) is 0 Å². The van der Waals surface area contributed by atoms with Crippen LogP contribution in [0.3, 0.4) is 0 Å². The molecule has 2 aromatic rings. The molecule has 2 fully saturated rings. The molecule has 34 heavy (non-hydrogen) atoms. The molecule has 2 aliphatic rings. The lowest BCUT2D eigenvalue weighted by Gasteiger charge is -2.37. The van der Waals surface area contributed by atoms with Crippen LogP contribution in [0.2, 0.25) is 0 Å². The Kier molecular flexibility index (Phi) is 6.69. The third kappa shape index (κ3) is 6.32. The van der Waals surface area contributed by atoms with Gasteiger partial charge >= 0.3 is 5.97 Å². The number of ether oxygens (including phenoxy) is 2. The van der Waals surface area contributed by atoms with Crippen molar-refractivity contribution < 1.29 is 27.4 Å². The second-order valence-corrected chi connectivity index (χ2v) is 10.6. The smallest absolute Gasteiger partial charge is 0.341 e. The summed E-state index contributed by atoms with van der Waals surface area (Å²) in [4.78, 5) is 14.2. The van der Waals surface area contributed by atoms with Crippen LogP contribution in [0.4, 0.5) is 13.2 Å². The topological polar surface area (TPSA) is 38.8 Å². The van der Waals surface area contributed by atoms with Gasteiger partial charge in [0.2, 0.25) is 0 Å². The van der Waals surface area contributed by atoms with Crippen LogP contribution in [0.1, 0.15) is 73.0 Å². The summed E-state index contributed by atoms with van der Waals surface area (Å²) in [6.07, 6.45) is 0.543. The fraction of sp³-hybridized carbons (Fsp3) is 0.519. The van der Waals surface area contributed by atoms with Crippen LogP contribution in [0.15, 0.2) is 36.4 Å². The summed E-state index contributed by atoms with van der Waals surface area (Å²) in [5.41, 5.74) is 1.83. The monoisotopic (exact) mass is 475 g/mol. The SMILES string of the molecule is Cc1ccc(CN2C[C@H](Oc3cc(F)c(C(=O)OC(C)(C)C)cc3C3CC3)CC(F)(F)C2)cc1. The van der Waals surface area contributed by atoms with Crippen molar-refractivity contribution in [3.05, 3.63) is 64.5 Å². The number of alkyl halides is 2. The van der Waals surface area contributed by atoms with Gasteiger partial charge in [-0.15, -0.1) is 0 Å². The number of halogens is 3. The van der Waals surface area contributed by atoms with Crippen LogP contribution in [-0.4, -0.2) is 41.6 Å². The molecule has 0 aromatic heterocycles. The zero-order valence-corrected chi connectivity index (χ0v) is 20.2. The summed E-state index contributed by atoms with van der Waals surface area (Å²) in [6, 6.07) is 10.4. The Morgan fingerprint density at radius 1 is 1.15 bits per heavy atom. The van der Waals surface area contributed by atoms with Gasteiger partial charge in [0.05, 0.1) is 18.5 Å². The third-order valence-electron chi connectivity index (χ3n) is 6.00. The maximum absolute atomic E-state index is 14.9. The number of hydrogen-bond acceptors (Lipinski definition) is 4. The van der Waals surface area contributed by atoms with Gasteiger partial charge in [-0.25, -0.2) is 18.0 Å². The van der Waals surface area contributed by atoms with E-state index in [1.54, 1.807) is 25.7 Å². The molecule has 1 atom stereocenters. The number of carbonyl (C=O) groups is 1. The number of nitrogens with zero attached hydrogens (tertiary/aromatic N) is 1. The lowest BCUT2D eigenvalue weighted by atomic mass is 10.0. The van der Waals surface area contributed by atoms with Crippen LogP contribution >= 0.6 is 0 Å². The molecule has 0 bridgehead atoms. The standard InChI is InChI=1S/C27H32F3NO3/c1-17-5-7-18(8-6-17)14-31-15-20(13-27(29,30)16-31)33-24-12-23(28)22(11-21(24)19-9-10-19)25(32)34-26(2,3)4/h5-8,11-12,19-20H,9-10,13-16H2,1-4H3/t20-/m1/s1. The first-order valence-electron chi connectivity index (χ1n) is 11.8. The molecule has 0 amide bonds. The number of likely N-dealkylation sites (tertiary alicyclic amines) is 1. The Bertz CT molecular complexity index is 1040. The molecule has 0 radical (unpaired) electrons. The number of aryl methyl sites for hydroxylation is 1. The summed E-state index contributed by atoms with van der Waals surface area (Å²) >= 11 is 0. The lowest BCUT2D eigenvalue weighted by molar-refractivity contribution is -0.103. The predicted molar refractivity (Wildman–Crippen MR) is 124 cm³/mol. The van der Waals surface area contributed by atoms with E-state index in [1.165, 1.54) is 6.07 Å². The number of esters is 1. The van der Waals surface area contributed by atoms with E-state index >= 15 is 0 Å². The molecule has 4 nitrogen and oxygen atoms in total. The molecule has 184 valence electrons. The quantitative estimate of drug-likeness (QED) is 0.463. The van der Waals surface area contributed by atoms with E-state index in [9.17, 15) is 18.0 Å². The van der Waals surface area contributed by atoms with E-state index in [4.69, 9.17) is 9.47 Å². The zero-order chi connectivity index (χ0) is 24.7. The van der Waals surface area contributed by atoms with Crippen molar-refractivity contribution in [2.75, 3.05) is 13.1 Å². The fourth-order valence-corrected chi connectivity index (χ4v) is 4.35. The number of piperidine rings is 1. The van der Waals surface area contributed by atoms with Crippen LogP contribution < -0.4 is 4.74 Å². The van der Waals surface area contributed by atoms with E-state index in [1.807, 2.05) is 31.2 Å². The molecular weight excluding hydrogens is 443 g/mol. The highest BCUT2D eigenvalue weighted by atomic mass is 19.3. The molecule has 1 aliphatic carbocycles. The fourth-order valence-electron chi connectivity index (χ4n) is 4.35. The summed E-state index contributed by atoms with van der Waals surface area (Å²) < 4.78 is 55.4. The van der Waals surface area contributed by atoms with Gasteiger partial charge in [0.15, 0.2) is 0 Å². The second kappa shape index (κ2) is 9.25. The van der Waals surface area contributed by atoms with Crippen molar-refractivity contribution in [3.8, 4) is 5.75 Å². The normalized spacial score (nSPS) is 20.7. The second-order valence-electron chi connectivity index (χ2n) is 10.6. The molecule has 7 heteroatoms. The van der Waals surface area contributed by atoms with Gasteiger partial charge in [-0.3, -0.25) is 4.90 Å². The first-order chi connectivity index (χ1) is 15.9. The molecular formula is C27H32F3NO3. The Morgan fingerprint density at radius 2 is 1.82 bits per heavy atom. The van der Waals surface area contributed by atoms with Crippen LogP contribution in [-0.2, 0) is 11.3 Å². The zero-order valence-electron chi connectivity index (χ0n) is 20.2. The largest absolute Gasteiger partial charge is 0.488 e. The Balaban J connectivity index is 1.54. The highest BCUT2D eigenvalue weighted by Gasteiger charge is 2.42. The van der Waals surface area contributed by atoms with Gasteiger partial charge < -0.3 is 9.47 Å². The molecule has 4 rings (SSSR count). The highest BCUT2D eigenvalue weighted by Crippen LogP contribution is 2.46. The highest BCUT2D eigenvalue weighted by molar-refractivity contribution is 5.90. The maximum Gasteiger partial charge on any atom is 0.341 e.